The monoisotopic (exact) mass is 270 g/mol. The van der Waals surface area contributed by atoms with Crippen LogP contribution in [0.15, 0.2) is 6.20 Å². The van der Waals surface area contributed by atoms with Gasteiger partial charge in [0.15, 0.2) is 5.82 Å². The second-order valence-electron chi connectivity index (χ2n) is 4.49. The van der Waals surface area contributed by atoms with E-state index in [9.17, 15) is 14.9 Å². The van der Waals surface area contributed by atoms with Crippen LogP contribution in [-0.2, 0) is 11.3 Å². The number of carbonyl (C=O) groups is 1. The third-order valence-corrected chi connectivity index (χ3v) is 2.37. The van der Waals surface area contributed by atoms with Crippen LogP contribution in [0.4, 0.5) is 10.6 Å². The van der Waals surface area contributed by atoms with Crippen LogP contribution in [0.3, 0.4) is 0 Å². The Hall–Kier alpha value is -2.12. The fraction of sp³-hybridized carbons (Fsp3) is 0.636. The molecule has 0 aromatic carbocycles. The maximum absolute atomic E-state index is 11.3. The fourth-order valence-corrected chi connectivity index (χ4v) is 1.44. The Morgan fingerprint density at radius 2 is 2.32 bits per heavy atom. The van der Waals surface area contributed by atoms with Crippen LogP contribution < -0.4 is 5.32 Å². The van der Waals surface area contributed by atoms with Crippen LogP contribution in [-0.4, -0.2) is 33.7 Å². The molecule has 0 unspecified atom stereocenters. The van der Waals surface area contributed by atoms with Crippen molar-refractivity contribution in [2.45, 2.75) is 27.3 Å². The van der Waals surface area contributed by atoms with Crippen molar-refractivity contribution in [3.8, 4) is 0 Å². The minimum Gasteiger partial charge on any atom is -0.449 e. The predicted molar refractivity (Wildman–Crippen MR) is 67.8 cm³/mol. The summed E-state index contributed by atoms with van der Waals surface area (Å²) >= 11 is 0. The molecule has 1 N–H and O–H groups in total. The lowest BCUT2D eigenvalue weighted by Crippen LogP contribution is -2.29. The molecule has 106 valence electrons. The molecule has 8 heteroatoms. The van der Waals surface area contributed by atoms with Crippen molar-refractivity contribution in [2.24, 2.45) is 5.92 Å². The lowest BCUT2D eigenvalue weighted by molar-refractivity contribution is -0.392. The second kappa shape index (κ2) is 6.72. The van der Waals surface area contributed by atoms with E-state index in [0.717, 1.165) is 0 Å². The Labute approximate surface area is 110 Å². The van der Waals surface area contributed by atoms with Gasteiger partial charge in [-0.05, 0) is 10.8 Å². The van der Waals surface area contributed by atoms with Gasteiger partial charge in [-0.15, -0.1) is 0 Å². The van der Waals surface area contributed by atoms with Crippen LogP contribution in [0, 0.1) is 23.0 Å². The van der Waals surface area contributed by atoms with E-state index < -0.39 is 11.0 Å². The van der Waals surface area contributed by atoms with Gasteiger partial charge in [-0.1, -0.05) is 13.8 Å². The van der Waals surface area contributed by atoms with Gasteiger partial charge in [0, 0.05) is 6.92 Å². The molecule has 0 aliphatic heterocycles. The van der Waals surface area contributed by atoms with E-state index in [1.54, 1.807) is 6.92 Å². The number of rotatable bonds is 6. The number of nitrogens with one attached hydrogen (secondary N) is 1. The number of hydrogen-bond acceptors (Lipinski definition) is 5. The highest BCUT2D eigenvalue weighted by Gasteiger charge is 2.17. The van der Waals surface area contributed by atoms with Gasteiger partial charge in [0.2, 0.25) is 0 Å². The average molecular weight is 270 g/mol. The molecule has 0 saturated heterocycles. The molecule has 0 bridgehead atoms. The summed E-state index contributed by atoms with van der Waals surface area (Å²) in [6.45, 7) is 6.41. The zero-order valence-electron chi connectivity index (χ0n) is 11.3. The number of ether oxygens (including phenoxy) is 1. The van der Waals surface area contributed by atoms with Crippen LogP contribution >= 0.6 is 0 Å². The molecule has 0 aliphatic rings. The molecule has 0 radical (unpaired) electrons. The van der Waals surface area contributed by atoms with E-state index in [4.69, 9.17) is 4.74 Å². The maximum atomic E-state index is 11.3. The molecule has 0 fully saturated rings. The number of aryl methyl sites for hydroxylation is 1. The fourth-order valence-electron chi connectivity index (χ4n) is 1.44. The van der Waals surface area contributed by atoms with Gasteiger partial charge in [0.25, 0.3) is 0 Å². The van der Waals surface area contributed by atoms with Gasteiger partial charge in [0.05, 0.1) is 13.2 Å². The molecule has 8 nitrogen and oxygen atoms in total. The van der Waals surface area contributed by atoms with Gasteiger partial charge in [-0.2, -0.15) is 0 Å². The number of amides is 1. The van der Waals surface area contributed by atoms with Gasteiger partial charge in [-0.3, -0.25) is 0 Å². The normalized spacial score (nSPS) is 10.5. The van der Waals surface area contributed by atoms with Gasteiger partial charge < -0.3 is 20.2 Å². The van der Waals surface area contributed by atoms with Crippen molar-refractivity contribution in [3.05, 3.63) is 22.1 Å². The number of carbonyl (C=O) groups excluding carboxylic acids is 1. The number of hydrogen-bond donors (Lipinski definition) is 1. The predicted octanol–water partition coefficient (Wildman–Crippen LogP) is 1.48. The third-order valence-electron chi connectivity index (χ3n) is 2.37. The van der Waals surface area contributed by atoms with E-state index in [2.05, 4.69) is 10.3 Å². The molecule has 1 aromatic heterocycles. The maximum Gasteiger partial charge on any atom is 0.407 e. The molecule has 1 aromatic rings. The second-order valence-corrected chi connectivity index (χ2v) is 4.49. The minimum absolute atomic E-state index is 0.0881. The van der Waals surface area contributed by atoms with E-state index in [0.29, 0.717) is 12.4 Å². The number of alkyl carbamates (subject to hydrolysis) is 1. The standard InChI is InChI=1S/C11H18N4O4/c1-8(2)7-19-11(16)12-4-5-14-9(3)13-6-10(14)15(17)18/h6,8H,4-5,7H2,1-3H3,(H,12,16). The molecule has 0 saturated carbocycles. The van der Waals surface area contributed by atoms with Gasteiger partial charge in [-0.25, -0.2) is 14.3 Å². The summed E-state index contributed by atoms with van der Waals surface area (Å²) in [6.07, 6.45) is 0.681. The largest absolute Gasteiger partial charge is 0.449 e. The lowest BCUT2D eigenvalue weighted by atomic mass is 10.2. The summed E-state index contributed by atoms with van der Waals surface area (Å²) in [5.74, 6) is 0.710. The van der Waals surface area contributed by atoms with Gasteiger partial charge >= 0.3 is 11.9 Å². The summed E-state index contributed by atoms with van der Waals surface area (Å²) in [6, 6.07) is 0. The molecule has 0 aliphatic carbocycles. The van der Waals surface area contributed by atoms with Crippen molar-refractivity contribution in [2.75, 3.05) is 13.2 Å². The highest BCUT2D eigenvalue weighted by atomic mass is 16.6. The topological polar surface area (TPSA) is 99.3 Å². The Balaban J connectivity index is 2.43. The first kappa shape index (κ1) is 14.9. The SMILES string of the molecule is Cc1ncc([N+](=O)[O-])n1CCNC(=O)OCC(C)C. The van der Waals surface area contributed by atoms with E-state index in [1.807, 2.05) is 13.8 Å². The van der Waals surface area contributed by atoms with E-state index >= 15 is 0 Å². The number of nitro groups is 1. The summed E-state index contributed by atoms with van der Waals surface area (Å²) in [4.78, 5) is 25.4. The van der Waals surface area contributed by atoms with Crippen LogP contribution in [0.1, 0.15) is 19.7 Å². The van der Waals surface area contributed by atoms with Crippen molar-refractivity contribution >= 4 is 11.9 Å². The zero-order valence-corrected chi connectivity index (χ0v) is 11.3. The summed E-state index contributed by atoms with van der Waals surface area (Å²) in [7, 11) is 0. The first-order chi connectivity index (χ1) is 8.91. The van der Waals surface area contributed by atoms with Gasteiger partial charge in [0.1, 0.15) is 12.7 Å². The van der Waals surface area contributed by atoms with Crippen molar-refractivity contribution in [1.29, 1.82) is 0 Å². The number of imidazole rings is 1. The molecule has 1 heterocycles. The van der Waals surface area contributed by atoms with E-state index in [1.165, 1.54) is 10.8 Å². The number of nitrogens with zero attached hydrogens (tertiary/aromatic N) is 3. The Kier molecular flexibility index (Phi) is 5.28. The molecule has 0 atom stereocenters. The average Bonchev–Trinajstić information content (AvgIpc) is 2.68. The summed E-state index contributed by atoms with van der Waals surface area (Å²) in [5.41, 5.74) is 0. The van der Waals surface area contributed by atoms with E-state index in [-0.39, 0.29) is 24.8 Å². The summed E-state index contributed by atoms with van der Waals surface area (Å²) in [5, 5.41) is 13.3. The Morgan fingerprint density at radius 3 is 2.89 bits per heavy atom. The molecule has 19 heavy (non-hydrogen) atoms. The zero-order chi connectivity index (χ0) is 14.4. The summed E-state index contributed by atoms with van der Waals surface area (Å²) < 4.78 is 6.36. The van der Waals surface area contributed by atoms with Crippen LogP contribution in [0.5, 0.6) is 0 Å². The molecule has 0 spiro atoms. The molecule has 1 amide bonds. The first-order valence-corrected chi connectivity index (χ1v) is 5.99. The lowest BCUT2D eigenvalue weighted by Gasteiger charge is -2.08. The molecular weight excluding hydrogens is 252 g/mol. The Bertz CT molecular complexity index is 456. The van der Waals surface area contributed by atoms with Crippen molar-refractivity contribution in [1.82, 2.24) is 14.9 Å². The third kappa shape index (κ3) is 4.57. The quantitative estimate of drug-likeness (QED) is 0.623. The molecular formula is C11H18N4O4. The van der Waals surface area contributed by atoms with Crippen LogP contribution in [0.25, 0.3) is 0 Å². The smallest absolute Gasteiger partial charge is 0.407 e. The van der Waals surface area contributed by atoms with Crippen molar-refractivity contribution < 1.29 is 14.5 Å². The highest BCUT2D eigenvalue weighted by molar-refractivity contribution is 5.67. The minimum atomic E-state index is -0.519. The van der Waals surface area contributed by atoms with Crippen molar-refractivity contribution in [3.63, 3.8) is 0 Å². The highest BCUT2D eigenvalue weighted by Crippen LogP contribution is 2.12. The molecule has 1 rings (SSSR count). The first-order valence-electron chi connectivity index (χ1n) is 5.99. The van der Waals surface area contributed by atoms with Crippen LogP contribution in [0.2, 0.25) is 0 Å². The number of aromatic nitrogens is 2. The Morgan fingerprint density at radius 1 is 1.63 bits per heavy atom.